The molecule has 1 aliphatic heterocycles. The highest BCUT2D eigenvalue weighted by Gasteiger charge is 2.27. The fourth-order valence-electron chi connectivity index (χ4n) is 4.87. The second-order valence-electron chi connectivity index (χ2n) is 8.59. The Morgan fingerprint density at radius 2 is 1.71 bits per heavy atom. The molecule has 0 aliphatic carbocycles. The highest BCUT2D eigenvalue weighted by molar-refractivity contribution is 9.10. The summed E-state index contributed by atoms with van der Waals surface area (Å²) in [4.78, 5) is 33.9. The lowest BCUT2D eigenvalue weighted by Gasteiger charge is -2.29. The minimum Gasteiger partial charge on any atom is -0.312 e. The highest BCUT2D eigenvalue weighted by atomic mass is 79.9. The summed E-state index contributed by atoms with van der Waals surface area (Å²) in [5.41, 5.74) is 2.16. The molecule has 0 amide bonds. The van der Waals surface area contributed by atoms with Crippen molar-refractivity contribution in [3.05, 3.63) is 97.6 Å². The monoisotopic (exact) mass is 515 g/mol. The Labute approximate surface area is 203 Å². The quantitative estimate of drug-likeness (QED) is 0.357. The van der Waals surface area contributed by atoms with Crippen molar-refractivity contribution >= 4 is 49.5 Å². The van der Waals surface area contributed by atoms with Crippen LogP contribution in [0.2, 0.25) is 0 Å². The molecule has 0 saturated carbocycles. The molecule has 1 aliphatic rings. The van der Waals surface area contributed by atoms with Crippen LogP contribution in [0.15, 0.2) is 80.8 Å². The number of fused-ring (bicyclic) bond motifs is 4. The summed E-state index contributed by atoms with van der Waals surface area (Å²) in [5.74, 6) is 0.693. The second-order valence-corrected chi connectivity index (χ2v) is 9.50. The summed E-state index contributed by atoms with van der Waals surface area (Å²) in [6.45, 7) is 1.68. The fourth-order valence-corrected chi connectivity index (χ4v) is 5.13. The van der Waals surface area contributed by atoms with Crippen LogP contribution in [0.5, 0.6) is 0 Å². The van der Waals surface area contributed by atoms with Crippen LogP contribution >= 0.6 is 15.9 Å². The topological polar surface area (TPSA) is 65.1 Å². The van der Waals surface area contributed by atoms with Gasteiger partial charge in [0.05, 0.1) is 6.54 Å². The number of rotatable bonds is 3. The predicted molar refractivity (Wildman–Crippen MR) is 138 cm³/mol. The van der Waals surface area contributed by atoms with Crippen LogP contribution in [0.25, 0.3) is 21.9 Å². The Hall–Kier alpha value is -3.65. The normalized spacial score (nSPS) is 13.5. The van der Waals surface area contributed by atoms with Gasteiger partial charge in [-0.25, -0.2) is 4.79 Å². The maximum Gasteiger partial charge on any atom is 0.332 e. The van der Waals surface area contributed by atoms with Gasteiger partial charge in [0.25, 0.3) is 5.56 Å². The van der Waals surface area contributed by atoms with E-state index in [1.54, 1.807) is 7.05 Å². The van der Waals surface area contributed by atoms with Crippen LogP contribution < -0.4 is 16.1 Å². The molecule has 0 bridgehead atoms. The molecule has 0 radical (unpaired) electrons. The largest absolute Gasteiger partial charge is 0.332 e. The van der Waals surface area contributed by atoms with Crippen LogP contribution in [0, 0.1) is 0 Å². The van der Waals surface area contributed by atoms with Crippen LogP contribution in [-0.2, 0) is 20.1 Å². The third-order valence-corrected chi connectivity index (χ3v) is 7.09. The number of benzene rings is 3. The fraction of sp³-hybridized carbons (Fsp3) is 0.192. The van der Waals surface area contributed by atoms with Gasteiger partial charge in [-0.1, -0.05) is 58.4 Å². The zero-order chi connectivity index (χ0) is 23.4. The van der Waals surface area contributed by atoms with Crippen LogP contribution in [0.4, 0.5) is 11.6 Å². The van der Waals surface area contributed by atoms with Gasteiger partial charge in [0.15, 0.2) is 11.2 Å². The Bertz CT molecular complexity index is 1680. The van der Waals surface area contributed by atoms with E-state index in [2.05, 4.69) is 20.8 Å². The molecule has 0 unspecified atom stereocenters. The molecule has 6 rings (SSSR count). The minimum atomic E-state index is -0.365. The average Bonchev–Trinajstić information content (AvgIpc) is 3.26. The molecular weight excluding hydrogens is 494 g/mol. The third kappa shape index (κ3) is 3.20. The van der Waals surface area contributed by atoms with Crippen molar-refractivity contribution in [2.75, 3.05) is 11.4 Å². The zero-order valence-corrected chi connectivity index (χ0v) is 20.2. The lowest BCUT2D eigenvalue weighted by atomic mass is 10.0. The van der Waals surface area contributed by atoms with Crippen LogP contribution in [-0.4, -0.2) is 25.2 Å². The summed E-state index contributed by atoms with van der Waals surface area (Å²) in [7, 11) is 1.69. The molecule has 3 aromatic carbocycles. The van der Waals surface area contributed by atoms with Gasteiger partial charge >= 0.3 is 5.69 Å². The highest BCUT2D eigenvalue weighted by Crippen LogP contribution is 2.31. The summed E-state index contributed by atoms with van der Waals surface area (Å²) < 4.78 is 5.79. The van der Waals surface area contributed by atoms with E-state index >= 15 is 0 Å². The molecular formula is C26H22BrN5O2. The molecule has 0 saturated heterocycles. The minimum absolute atomic E-state index is 0.208. The predicted octanol–water partition coefficient (Wildman–Crippen LogP) is 4.40. The molecule has 5 aromatic rings. The SMILES string of the molecule is Cn1c(=O)n(Cc2cccc3ccccc23)c(=O)c2c1nc1n2CCCN1c1ccc(Br)cc1. The number of anilines is 2. The molecule has 34 heavy (non-hydrogen) atoms. The number of nitrogens with zero attached hydrogens (tertiary/aromatic N) is 5. The zero-order valence-electron chi connectivity index (χ0n) is 18.6. The summed E-state index contributed by atoms with van der Waals surface area (Å²) in [6.07, 6.45) is 0.875. The van der Waals surface area contributed by atoms with Crippen molar-refractivity contribution in [1.82, 2.24) is 18.7 Å². The van der Waals surface area contributed by atoms with Gasteiger partial charge in [0.2, 0.25) is 5.95 Å². The average molecular weight is 516 g/mol. The second kappa shape index (κ2) is 7.99. The van der Waals surface area contributed by atoms with Gasteiger partial charge in [-0.2, -0.15) is 4.98 Å². The van der Waals surface area contributed by atoms with Gasteiger partial charge in [0.1, 0.15) is 0 Å². The molecule has 2 aromatic heterocycles. The van der Waals surface area contributed by atoms with E-state index in [0.29, 0.717) is 23.7 Å². The first-order valence-corrected chi connectivity index (χ1v) is 12.0. The van der Waals surface area contributed by atoms with Crippen molar-refractivity contribution < 1.29 is 0 Å². The number of halogens is 1. The van der Waals surface area contributed by atoms with Crippen molar-refractivity contribution in [2.45, 2.75) is 19.5 Å². The van der Waals surface area contributed by atoms with E-state index in [-0.39, 0.29) is 17.8 Å². The van der Waals surface area contributed by atoms with Crippen LogP contribution in [0.1, 0.15) is 12.0 Å². The van der Waals surface area contributed by atoms with Gasteiger partial charge < -0.3 is 9.47 Å². The summed E-state index contributed by atoms with van der Waals surface area (Å²) in [5, 5.41) is 2.12. The maximum absolute atomic E-state index is 13.7. The Kier molecular flexibility index (Phi) is 4.91. The number of imidazole rings is 1. The molecule has 170 valence electrons. The Morgan fingerprint density at radius 3 is 2.53 bits per heavy atom. The Balaban J connectivity index is 1.54. The molecule has 0 atom stereocenters. The van der Waals surface area contributed by atoms with Gasteiger partial charge in [-0.15, -0.1) is 0 Å². The smallest absolute Gasteiger partial charge is 0.312 e. The van der Waals surface area contributed by atoms with E-state index in [0.717, 1.165) is 39.5 Å². The Morgan fingerprint density at radius 1 is 0.941 bits per heavy atom. The number of hydrogen-bond donors (Lipinski definition) is 0. The first-order valence-electron chi connectivity index (χ1n) is 11.2. The van der Waals surface area contributed by atoms with Gasteiger partial charge in [-0.05, 0) is 47.0 Å². The molecule has 7 nitrogen and oxygen atoms in total. The van der Waals surface area contributed by atoms with E-state index in [1.165, 1.54) is 9.13 Å². The summed E-state index contributed by atoms with van der Waals surface area (Å²) >= 11 is 3.48. The number of aryl methyl sites for hydroxylation is 2. The number of aromatic nitrogens is 4. The molecule has 0 N–H and O–H groups in total. The summed E-state index contributed by atoms with van der Waals surface area (Å²) in [6, 6.07) is 22.0. The van der Waals surface area contributed by atoms with Gasteiger partial charge in [0, 0.05) is 30.3 Å². The first-order chi connectivity index (χ1) is 16.5. The van der Waals surface area contributed by atoms with Crippen molar-refractivity contribution in [2.24, 2.45) is 7.05 Å². The van der Waals surface area contributed by atoms with E-state index in [4.69, 9.17) is 4.98 Å². The van der Waals surface area contributed by atoms with Crippen molar-refractivity contribution in [1.29, 1.82) is 0 Å². The van der Waals surface area contributed by atoms with E-state index < -0.39 is 0 Å². The van der Waals surface area contributed by atoms with E-state index in [1.807, 2.05) is 71.3 Å². The van der Waals surface area contributed by atoms with Crippen LogP contribution in [0.3, 0.4) is 0 Å². The van der Waals surface area contributed by atoms with Crippen molar-refractivity contribution in [3.63, 3.8) is 0 Å². The molecule has 0 spiro atoms. The van der Waals surface area contributed by atoms with Gasteiger partial charge in [-0.3, -0.25) is 13.9 Å². The molecule has 0 fully saturated rings. The molecule has 3 heterocycles. The first kappa shape index (κ1) is 20.9. The lowest BCUT2D eigenvalue weighted by molar-refractivity contribution is 0.597. The molecule has 8 heteroatoms. The lowest BCUT2D eigenvalue weighted by Crippen LogP contribution is -2.40. The van der Waals surface area contributed by atoms with Crippen molar-refractivity contribution in [3.8, 4) is 0 Å². The standard InChI is InChI=1S/C26H22BrN5O2/c1-29-23-22(31-15-5-14-30(25(31)28-23)20-12-10-19(27)11-13-20)24(33)32(26(29)34)16-18-8-4-7-17-6-2-3-9-21(17)18/h2-4,6-13H,5,14-16H2,1H3. The third-order valence-electron chi connectivity index (χ3n) is 6.56. The number of hydrogen-bond acceptors (Lipinski definition) is 4. The maximum atomic E-state index is 13.7. The van der Waals surface area contributed by atoms with E-state index in [9.17, 15) is 9.59 Å².